The number of aromatic amines is 1. The van der Waals surface area contributed by atoms with Crippen LogP contribution in [0.25, 0.3) is 28.2 Å². The van der Waals surface area contributed by atoms with Crippen molar-refractivity contribution in [3.8, 4) is 23.1 Å². The maximum Gasteiger partial charge on any atom is 0.255 e. The van der Waals surface area contributed by atoms with Crippen molar-refractivity contribution in [2.75, 3.05) is 19.6 Å². The van der Waals surface area contributed by atoms with Crippen LogP contribution in [0.5, 0.6) is 0 Å². The fraction of sp³-hybridized carbons (Fsp3) is 0.182. The van der Waals surface area contributed by atoms with E-state index in [4.69, 9.17) is 5.26 Å². The van der Waals surface area contributed by atoms with Crippen molar-refractivity contribution in [3.05, 3.63) is 60.1 Å². The number of benzene rings is 1. The smallest absolute Gasteiger partial charge is 0.255 e. The predicted octanol–water partition coefficient (Wildman–Crippen LogP) is 1.94. The first-order valence-corrected chi connectivity index (χ1v) is 10.3. The summed E-state index contributed by atoms with van der Waals surface area (Å²) in [5.74, 6) is -4.57. The number of likely N-dealkylation sites (tertiary alicyclic amines) is 1. The Morgan fingerprint density at radius 2 is 2.00 bits per heavy atom. The lowest BCUT2D eigenvalue weighted by atomic mass is 10.0. The fourth-order valence-corrected chi connectivity index (χ4v) is 3.63. The standard InChI is InChI=1S/C22H15F3N8O2/c23-12-1-14(24)19(25)17(2-12)33-9-16(30-10-33)15-5-28-21-20(31-15)13(4-27-21)22(35)29-6-18(34)32-7-11(3-26)8-32/h1-2,4-5,9-11H,6-8H2,(H,27,28)(H,29,35). The van der Waals surface area contributed by atoms with Crippen LogP contribution in [0.1, 0.15) is 10.4 Å². The molecule has 0 radical (unpaired) electrons. The van der Waals surface area contributed by atoms with E-state index in [1.807, 2.05) is 0 Å². The third kappa shape index (κ3) is 4.05. The van der Waals surface area contributed by atoms with Crippen molar-refractivity contribution in [3.63, 3.8) is 0 Å². The SMILES string of the molecule is N#CC1CN(C(=O)CNC(=O)c2c[nH]c3ncc(-c4cn(-c5cc(F)cc(F)c5F)cn4)nc23)C1. The number of hydrogen-bond donors (Lipinski definition) is 2. The minimum Gasteiger partial charge on any atom is -0.344 e. The number of carbonyl (C=O) groups is 2. The average Bonchev–Trinajstić information content (AvgIpc) is 3.46. The van der Waals surface area contributed by atoms with Gasteiger partial charge >= 0.3 is 0 Å². The summed E-state index contributed by atoms with van der Waals surface area (Å²) in [6.07, 6.45) is 5.25. The van der Waals surface area contributed by atoms with Gasteiger partial charge in [0.2, 0.25) is 5.91 Å². The molecule has 0 bridgehead atoms. The number of carbonyl (C=O) groups excluding carboxylic acids is 2. The van der Waals surface area contributed by atoms with Crippen LogP contribution < -0.4 is 5.32 Å². The molecular weight excluding hydrogens is 465 g/mol. The number of rotatable bonds is 5. The summed E-state index contributed by atoms with van der Waals surface area (Å²) in [5, 5.41) is 11.3. The average molecular weight is 480 g/mol. The number of aromatic nitrogens is 5. The summed E-state index contributed by atoms with van der Waals surface area (Å²) < 4.78 is 42.4. The summed E-state index contributed by atoms with van der Waals surface area (Å²) in [6.45, 7) is 0.439. The molecule has 4 heterocycles. The van der Waals surface area contributed by atoms with Gasteiger partial charge in [0.1, 0.15) is 29.0 Å². The summed E-state index contributed by atoms with van der Waals surface area (Å²) in [7, 11) is 0. The highest BCUT2D eigenvalue weighted by Crippen LogP contribution is 2.23. The number of amides is 2. The Hall–Kier alpha value is -4.73. The van der Waals surface area contributed by atoms with Gasteiger partial charge in [-0.15, -0.1) is 0 Å². The van der Waals surface area contributed by atoms with Gasteiger partial charge in [-0.05, 0) is 0 Å². The van der Waals surface area contributed by atoms with Gasteiger partial charge in [-0.3, -0.25) is 9.59 Å². The van der Waals surface area contributed by atoms with Crippen LogP contribution in [0, 0.1) is 34.7 Å². The third-order valence-corrected chi connectivity index (χ3v) is 5.54. The molecule has 0 spiro atoms. The van der Waals surface area contributed by atoms with Crippen LogP contribution in [0.4, 0.5) is 13.2 Å². The molecule has 5 rings (SSSR count). The topological polar surface area (TPSA) is 133 Å². The zero-order valence-electron chi connectivity index (χ0n) is 17.8. The lowest BCUT2D eigenvalue weighted by Gasteiger charge is -2.35. The molecule has 0 atom stereocenters. The summed E-state index contributed by atoms with van der Waals surface area (Å²) in [5.41, 5.74) is 0.724. The quantitative estimate of drug-likeness (QED) is 0.420. The van der Waals surface area contributed by atoms with Crippen LogP contribution in [0.15, 0.2) is 37.1 Å². The van der Waals surface area contributed by atoms with Gasteiger partial charge < -0.3 is 19.8 Å². The number of halogens is 3. The Bertz CT molecular complexity index is 1520. The molecule has 13 heteroatoms. The maximum absolute atomic E-state index is 14.1. The minimum atomic E-state index is -1.34. The number of nitriles is 1. The first kappa shape index (κ1) is 22.1. The van der Waals surface area contributed by atoms with Crippen molar-refractivity contribution < 1.29 is 22.8 Å². The molecule has 1 aliphatic rings. The molecule has 1 aliphatic heterocycles. The first-order chi connectivity index (χ1) is 16.8. The highest BCUT2D eigenvalue weighted by atomic mass is 19.2. The van der Waals surface area contributed by atoms with E-state index < -0.39 is 23.4 Å². The predicted molar refractivity (Wildman–Crippen MR) is 114 cm³/mol. The van der Waals surface area contributed by atoms with Crippen LogP contribution in [-0.4, -0.2) is 60.9 Å². The monoisotopic (exact) mass is 480 g/mol. The molecule has 1 fully saturated rings. The van der Waals surface area contributed by atoms with E-state index in [0.29, 0.717) is 24.8 Å². The molecule has 0 aliphatic carbocycles. The van der Waals surface area contributed by atoms with E-state index in [2.05, 4.69) is 31.3 Å². The Labute approximate surface area is 195 Å². The minimum absolute atomic E-state index is 0.137. The second kappa shape index (κ2) is 8.56. The Balaban J connectivity index is 1.36. The van der Waals surface area contributed by atoms with Gasteiger partial charge in [0.05, 0.1) is 36.0 Å². The molecule has 2 N–H and O–H groups in total. The Morgan fingerprint density at radius 1 is 1.20 bits per heavy atom. The van der Waals surface area contributed by atoms with Gasteiger partial charge in [0, 0.05) is 37.6 Å². The van der Waals surface area contributed by atoms with Crippen molar-refractivity contribution in [2.24, 2.45) is 5.92 Å². The Morgan fingerprint density at radius 3 is 2.77 bits per heavy atom. The van der Waals surface area contributed by atoms with Crippen molar-refractivity contribution >= 4 is 23.0 Å². The number of H-pyrrole nitrogens is 1. The number of imidazole rings is 1. The number of fused-ring (bicyclic) bond motifs is 1. The molecule has 3 aromatic heterocycles. The van der Waals surface area contributed by atoms with Crippen molar-refractivity contribution in [1.82, 2.24) is 34.7 Å². The van der Waals surface area contributed by atoms with Crippen LogP contribution in [-0.2, 0) is 4.79 Å². The molecule has 176 valence electrons. The normalized spacial score (nSPS) is 13.5. The van der Waals surface area contributed by atoms with Crippen LogP contribution in [0.2, 0.25) is 0 Å². The van der Waals surface area contributed by atoms with Gasteiger partial charge in [0.25, 0.3) is 5.91 Å². The molecule has 35 heavy (non-hydrogen) atoms. The molecular formula is C22H15F3N8O2. The van der Waals surface area contributed by atoms with Crippen LogP contribution in [0.3, 0.4) is 0 Å². The zero-order valence-corrected chi connectivity index (χ0v) is 17.8. The maximum atomic E-state index is 14.1. The molecule has 10 nitrogen and oxygen atoms in total. The summed E-state index contributed by atoms with van der Waals surface area (Å²) in [6, 6.07) is 3.34. The highest BCUT2D eigenvalue weighted by Gasteiger charge is 2.30. The lowest BCUT2D eigenvalue weighted by Crippen LogP contribution is -2.52. The summed E-state index contributed by atoms with van der Waals surface area (Å²) >= 11 is 0. The van der Waals surface area contributed by atoms with E-state index in [1.165, 1.54) is 29.8 Å². The lowest BCUT2D eigenvalue weighted by molar-refractivity contribution is -0.135. The van der Waals surface area contributed by atoms with E-state index in [0.717, 1.165) is 10.6 Å². The second-order valence-electron chi connectivity index (χ2n) is 7.85. The Kier molecular flexibility index (Phi) is 5.40. The van der Waals surface area contributed by atoms with E-state index in [1.54, 1.807) is 0 Å². The fourth-order valence-electron chi connectivity index (χ4n) is 3.63. The number of hydrogen-bond acceptors (Lipinski definition) is 6. The molecule has 0 saturated carbocycles. The van der Waals surface area contributed by atoms with E-state index in [9.17, 15) is 22.8 Å². The van der Waals surface area contributed by atoms with Crippen LogP contribution >= 0.6 is 0 Å². The first-order valence-electron chi connectivity index (χ1n) is 10.3. The largest absolute Gasteiger partial charge is 0.344 e. The molecule has 1 aromatic carbocycles. The van der Waals surface area contributed by atoms with Crippen molar-refractivity contribution in [2.45, 2.75) is 0 Å². The van der Waals surface area contributed by atoms with Gasteiger partial charge in [-0.1, -0.05) is 0 Å². The summed E-state index contributed by atoms with van der Waals surface area (Å²) in [4.78, 5) is 41.8. The van der Waals surface area contributed by atoms with E-state index >= 15 is 0 Å². The van der Waals surface area contributed by atoms with Gasteiger partial charge in [-0.2, -0.15) is 5.26 Å². The van der Waals surface area contributed by atoms with E-state index in [-0.39, 0.29) is 46.5 Å². The molecule has 0 unspecified atom stereocenters. The second-order valence-corrected chi connectivity index (χ2v) is 7.85. The number of nitrogens with zero attached hydrogens (tertiary/aromatic N) is 6. The molecule has 1 saturated heterocycles. The highest BCUT2D eigenvalue weighted by molar-refractivity contribution is 6.05. The zero-order chi connectivity index (χ0) is 24.7. The van der Waals surface area contributed by atoms with Crippen molar-refractivity contribution in [1.29, 1.82) is 5.26 Å². The molecule has 4 aromatic rings. The van der Waals surface area contributed by atoms with Gasteiger partial charge in [0.15, 0.2) is 17.3 Å². The van der Waals surface area contributed by atoms with Gasteiger partial charge in [-0.25, -0.2) is 28.1 Å². The molecule has 2 amide bonds. The third-order valence-electron chi connectivity index (χ3n) is 5.54. The number of nitrogens with one attached hydrogen (secondary N) is 2.